The lowest BCUT2D eigenvalue weighted by Gasteiger charge is -2.32. The van der Waals surface area contributed by atoms with Crippen molar-refractivity contribution in [3.63, 3.8) is 0 Å². The number of aromatic nitrogens is 1. The van der Waals surface area contributed by atoms with E-state index in [0.717, 1.165) is 36.6 Å². The summed E-state index contributed by atoms with van der Waals surface area (Å²) in [7, 11) is 0. The highest BCUT2D eigenvalue weighted by atomic mass is 32.1. The quantitative estimate of drug-likeness (QED) is 0.674. The minimum atomic E-state index is -0.157. The third-order valence-electron chi connectivity index (χ3n) is 4.39. The second-order valence-corrected chi connectivity index (χ2v) is 6.79. The molecule has 1 aliphatic rings. The van der Waals surface area contributed by atoms with Crippen molar-refractivity contribution < 1.29 is 4.39 Å². The summed E-state index contributed by atoms with van der Waals surface area (Å²) in [6, 6.07) is 15.3. The van der Waals surface area contributed by atoms with Crippen LogP contribution in [0.25, 0.3) is 10.2 Å². The van der Waals surface area contributed by atoms with Gasteiger partial charge in [-0.05, 0) is 48.6 Å². The maximum atomic E-state index is 13.0. The van der Waals surface area contributed by atoms with E-state index < -0.39 is 0 Å². The van der Waals surface area contributed by atoms with Crippen molar-refractivity contribution in [2.24, 2.45) is 0 Å². The van der Waals surface area contributed by atoms with Gasteiger partial charge in [0.15, 0.2) is 5.13 Å². The first-order chi connectivity index (χ1) is 10.8. The lowest BCUT2D eigenvalue weighted by atomic mass is 9.90. The van der Waals surface area contributed by atoms with Gasteiger partial charge in [-0.2, -0.15) is 0 Å². The van der Waals surface area contributed by atoms with Crippen LogP contribution in [0.5, 0.6) is 0 Å². The summed E-state index contributed by atoms with van der Waals surface area (Å²) in [5.41, 5.74) is 2.34. The molecule has 1 aliphatic heterocycles. The van der Waals surface area contributed by atoms with Crippen LogP contribution in [0, 0.1) is 5.82 Å². The lowest BCUT2D eigenvalue weighted by Crippen LogP contribution is -2.32. The van der Waals surface area contributed by atoms with Gasteiger partial charge in [-0.1, -0.05) is 35.6 Å². The fraction of sp³-hybridized carbons (Fsp3) is 0.278. The zero-order valence-electron chi connectivity index (χ0n) is 12.2. The van der Waals surface area contributed by atoms with Crippen LogP contribution < -0.4 is 4.90 Å². The number of hydrogen-bond donors (Lipinski definition) is 0. The molecule has 2 nitrogen and oxygen atoms in total. The van der Waals surface area contributed by atoms with E-state index in [9.17, 15) is 4.39 Å². The zero-order valence-corrected chi connectivity index (χ0v) is 13.0. The number of para-hydroxylation sites is 1. The summed E-state index contributed by atoms with van der Waals surface area (Å²) in [6.45, 7) is 2.03. The van der Waals surface area contributed by atoms with Gasteiger partial charge in [0, 0.05) is 13.1 Å². The second-order valence-electron chi connectivity index (χ2n) is 5.78. The van der Waals surface area contributed by atoms with Crippen LogP contribution in [0.2, 0.25) is 0 Å². The van der Waals surface area contributed by atoms with Crippen LogP contribution in [-0.4, -0.2) is 18.1 Å². The number of benzene rings is 2. The largest absolute Gasteiger partial charge is 0.348 e. The van der Waals surface area contributed by atoms with Crippen LogP contribution in [-0.2, 0) is 0 Å². The average molecular weight is 312 g/mol. The minimum Gasteiger partial charge on any atom is -0.348 e. The Morgan fingerprint density at radius 2 is 1.73 bits per heavy atom. The molecule has 0 aliphatic carbocycles. The van der Waals surface area contributed by atoms with Gasteiger partial charge in [-0.25, -0.2) is 9.37 Å². The van der Waals surface area contributed by atoms with E-state index in [-0.39, 0.29) is 5.82 Å². The molecule has 0 N–H and O–H groups in total. The second kappa shape index (κ2) is 5.69. The number of anilines is 1. The highest BCUT2D eigenvalue weighted by Gasteiger charge is 2.22. The van der Waals surface area contributed by atoms with Gasteiger partial charge in [-0.15, -0.1) is 0 Å². The zero-order chi connectivity index (χ0) is 14.9. The summed E-state index contributed by atoms with van der Waals surface area (Å²) in [6.07, 6.45) is 2.20. The first kappa shape index (κ1) is 13.7. The molecule has 0 saturated carbocycles. The van der Waals surface area contributed by atoms with E-state index in [0.29, 0.717) is 5.92 Å². The Labute approximate surface area is 133 Å². The molecule has 1 fully saturated rings. The van der Waals surface area contributed by atoms with Crippen LogP contribution in [0.15, 0.2) is 48.5 Å². The smallest absolute Gasteiger partial charge is 0.186 e. The minimum absolute atomic E-state index is 0.157. The van der Waals surface area contributed by atoms with Crippen molar-refractivity contribution in [2.75, 3.05) is 18.0 Å². The Morgan fingerprint density at radius 3 is 2.45 bits per heavy atom. The van der Waals surface area contributed by atoms with E-state index in [4.69, 9.17) is 4.98 Å². The van der Waals surface area contributed by atoms with E-state index >= 15 is 0 Å². The first-order valence-corrected chi connectivity index (χ1v) is 8.47. The summed E-state index contributed by atoms with van der Waals surface area (Å²) in [5, 5.41) is 1.12. The number of thiazole rings is 1. The summed E-state index contributed by atoms with van der Waals surface area (Å²) < 4.78 is 14.3. The molecule has 3 aromatic rings. The number of rotatable bonds is 2. The summed E-state index contributed by atoms with van der Waals surface area (Å²) in [4.78, 5) is 7.12. The molecule has 1 aromatic heterocycles. The molecule has 22 heavy (non-hydrogen) atoms. The Morgan fingerprint density at radius 1 is 1.00 bits per heavy atom. The highest BCUT2D eigenvalue weighted by Crippen LogP contribution is 2.34. The standard InChI is InChI=1S/C18H17FN2S/c19-15-7-5-13(6-8-15)14-9-11-21(12-10-14)18-20-16-3-1-2-4-17(16)22-18/h1-8,14H,9-12H2. The van der Waals surface area contributed by atoms with Crippen molar-refractivity contribution >= 4 is 26.7 Å². The first-order valence-electron chi connectivity index (χ1n) is 7.65. The number of halogens is 1. The van der Waals surface area contributed by atoms with E-state index in [1.54, 1.807) is 23.5 Å². The van der Waals surface area contributed by atoms with Gasteiger partial charge in [0.2, 0.25) is 0 Å². The van der Waals surface area contributed by atoms with Crippen LogP contribution in [0.1, 0.15) is 24.3 Å². The number of nitrogens with zero attached hydrogens (tertiary/aromatic N) is 2. The van der Waals surface area contributed by atoms with Crippen molar-refractivity contribution in [1.29, 1.82) is 0 Å². The van der Waals surface area contributed by atoms with Crippen molar-refractivity contribution in [3.8, 4) is 0 Å². The fourth-order valence-electron chi connectivity index (χ4n) is 3.13. The Balaban J connectivity index is 1.48. The molecule has 4 heteroatoms. The molecule has 0 radical (unpaired) electrons. The topological polar surface area (TPSA) is 16.1 Å². The third-order valence-corrected chi connectivity index (χ3v) is 5.49. The highest BCUT2D eigenvalue weighted by molar-refractivity contribution is 7.22. The molecular formula is C18H17FN2S. The Hall–Kier alpha value is -1.94. The molecule has 112 valence electrons. The molecule has 1 saturated heterocycles. The molecule has 0 spiro atoms. The van der Waals surface area contributed by atoms with Crippen molar-refractivity contribution in [3.05, 3.63) is 59.9 Å². The van der Waals surface area contributed by atoms with Gasteiger partial charge in [-0.3, -0.25) is 0 Å². The summed E-state index contributed by atoms with van der Waals surface area (Å²) >= 11 is 1.77. The predicted molar refractivity (Wildman–Crippen MR) is 90.2 cm³/mol. The molecular weight excluding hydrogens is 295 g/mol. The third kappa shape index (κ3) is 2.59. The van der Waals surface area contributed by atoms with Gasteiger partial charge < -0.3 is 4.90 Å². The number of hydrogen-bond acceptors (Lipinski definition) is 3. The van der Waals surface area contributed by atoms with E-state index in [1.807, 2.05) is 18.2 Å². The number of piperidine rings is 1. The molecule has 0 atom stereocenters. The average Bonchev–Trinajstić information content (AvgIpc) is 3.00. The van der Waals surface area contributed by atoms with E-state index in [2.05, 4.69) is 23.1 Å². The van der Waals surface area contributed by atoms with Gasteiger partial charge in [0.25, 0.3) is 0 Å². The van der Waals surface area contributed by atoms with Crippen LogP contribution >= 0.6 is 11.3 Å². The molecule has 4 rings (SSSR count). The fourth-order valence-corrected chi connectivity index (χ4v) is 4.15. The SMILES string of the molecule is Fc1ccc(C2CCN(c3nc4ccccc4s3)CC2)cc1. The molecule has 0 unspecified atom stereocenters. The van der Waals surface area contributed by atoms with Crippen LogP contribution in [0.3, 0.4) is 0 Å². The normalized spacial score (nSPS) is 16.3. The van der Waals surface area contributed by atoms with Crippen molar-refractivity contribution in [2.45, 2.75) is 18.8 Å². The monoisotopic (exact) mass is 312 g/mol. The lowest BCUT2D eigenvalue weighted by molar-refractivity contribution is 0.504. The molecule has 0 bridgehead atoms. The molecule has 2 heterocycles. The maximum Gasteiger partial charge on any atom is 0.186 e. The van der Waals surface area contributed by atoms with Gasteiger partial charge in [0.1, 0.15) is 5.82 Å². The summed E-state index contributed by atoms with van der Waals surface area (Å²) in [5.74, 6) is 0.377. The van der Waals surface area contributed by atoms with Crippen molar-refractivity contribution in [1.82, 2.24) is 4.98 Å². The predicted octanol–water partition coefficient (Wildman–Crippen LogP) is 4.82. The maximum absolute atomic E-state index is 13.0. The van der Waals surface area contributed by atoms with Gasteiger partial charge in [0.05, 0.1) is 10.2 Å². The Kier molecular flexibility index (Phi) is 3.54. The van der Waals surface area contributed by atoms with E-state index in [1.165, 1.54) is 10.3 Å². The Bertz CT molecular complexity index is 740. The molecule has 0 amide bonds. The van der Waals surface area contributed by atoms with Gasteiger partial charge >= 0.3 is 0 Å². The number of fused-ring (bicyclic) bond motifs is 1. The van der Waals surface area contributed by atoms with Crippen LogP contribution in [0.4, 0.5) is 9.52 Å². The molecule has 2 aromatic carbocycles.